The molecule has 3 N–H and O–H groups in total. The lowest BCUT2D eigenvalue weighted by Gasteiger charge is -2.25. The maximum Gasteiger partial charge on any atom is 0.253 e. The molecule has 1 atom stereocenters. The van der Waals surface area contributed by atoms with Gasteiger partial charge in [0, 0.05) is 30.3 Å². The number of carbonyl (C=O) groups is 1. The predicted molar refractivity (Wildman–Crippen MR) is 147 cm³/mol. The van der Waals surface area contributed by atoms with Crippen LogP contribution in [0.2, 0.25) is 0 Å². The molecule has 1 aliphatic rings. The topological polar surface area (TPSA) is 121 Å². The highest BCUT2D eigenvalue weighted by Gasteiger charge is 2.29. The quantitative estimate of drug-likeness (QED) is 0.335. The molecule has 4 aromatic rings. The van der Waals surface area contributed by atoms with E-state index in [4.69, 9.17) is 5.73 Å². The molecular formula is C30H29F3N6O2. The monoisotopic (exact) mass is 562 g/mol. The first-order valence-corrected chi connectivity index (χ1v) is 13.4. The highest BCUT2D eigenvalue weighted by atomic mass is 19.2. The van der Waals surface area contributed by atoms with Gasteiger partial charge in [-0.25, -0.2) is 17.9 Å². The van der Waals surface area contributed by atoms with Crippen LogP contribution in [-0.2, 0) is 6.54 Å². The van der Waals surface area contributed by atoms with Crippen molar-refractivity contribution >= 4 is 16.9 Å². The van der Waals surface area contributed by atoms with Crippen molar-refractivity contribution in [3.63, 3.8) is 0 Å². The summed E-state index contributed by atoms with van der Waals surface area (Å²) in [5.74, 6) is -3.45. The fourth-order valence-electron chi connectivity index (χ4n) is 5.21. The molecule has 212 valence electrons. The van der Waals surface area contributed by atoms with E-state index in [0.717, 1.165) is 10.7 Å². The van der Waals surface area contributed by atoms with Gasteiger partial charge >= 0.3 is 0 Å². The van der Waals surface area contributed by atoms with Crippen LogP contribution in [-0.4, -0.2) is 55.6 Å². The summed E-state index contributed by atoms with van der Waals surface area (Å²) in [7, 11) is 0. The van der Waals surface area contributed by atoms with E-state index < -0.39 is 23.1 Å². The average Bonchev–Trinajstić information content (AvgIpc) is 3.60. The molecule has 2 heterocycles. The number of aromatic nitrogens is 3. The highest BCUT2D eigenvalue weighted by molar-refractivity contribution is 5.98. The van der Waals surface area contributed by atoms with E-state index >= 15 is 8.78 Å². The van der Waals surface area contributed by atoms with Crippen LogP contribution in [0.25, 0.3) is 33.3 Å². The van der Waals surface area contributed by atoms with Crippen molar-refractivity contribution in [2.75, 3.05) is 13.1 Å². The normalized spacial score (nSPS) is 15.5. The number of hydrogen-bond acceptors (Lipinski definition) is 6. The molecule has 1 aromatic heterocycles. The molecular weight excluding hydrogens is 533 g/mol. The number of likely N-dealkylation sites (tertiary alicyclic amines) is 1. The summed E-state index contributed by atoms with van der Waals surface area (Å²) < 4.78 is 47.3. The average molecular weight is 563 g/mol. The molecule has 0 radical (unpaired) electrons. The number of nitrogens with two attached hydrogens (primary N) is 1. The fraction of sp³-hybridized carbons (Fsp3) is 0.333. The summed E-state index contributed by atoms with van der Waals surface area (Å²) in [6, 6.07) is 11.4. The summed E-state index contributed by atoms with van der Waals surface area (Å²) >= 11 is 0. The number of nitrogens with zero attached hydrogens (tertiary/aromatic N) is 5. The Hall–Kier alpha value is -4.27. The largest absolute Gasteiger partial charge is 0.388 e. The first-order chi connectivity index (χ1) is 19.6. The van der Waals surface area contributed by atoms with Gasteiger partial charge in [0.15, 0.2) is 11.6 Å². The minimum atomic E-state index is -1.19. The molecule has 8 nitrogen and oxygen atoms in total. The molecule has 0 bridgehead atoms. The number of nitriles is 1. The fourth-order valence-corrected chi connectivity index (χ4v) is 5.21. The van der Waals surface area contributed by atoms with Crippen LogP contribution in [0.5, 0.6) is 0 Å². The van der Waals surface area contributed by atoms with E-state index in [1.165, 1.54) is 36.4 Å². The van der Waals surface area contributed by atoms with Crippen molar-refractivity contribution < 1.29 is 23.1 Å². The van der Waals surface area contributed by atoms with Gasteiger partial charge in [-0.1, -0.05) is 31.2 Å². The second-order valence-corrected chi connectivity index (χ2v) is 10.5. The van der Waals surface area contributed by atoms with Gasteiger partial charge in [0.25, 0.3) is 5.91 Å². The zero-order chi connectivity index (χ0) is 29.5. The maximum absolute atomic E-state index is 15.8. The molecule has 11 heteroatoms. The van der Waals surface area contributed by atoms with Crippen molar-refractivity contribution in [2.45, 2.75) is 51.3 Å². The van der Waals surface area contributed by atoms with E-state index in [2.05, 4.69) is 10.3 Å². The third kappa shape index (κ3) is 5.16. The molecule has 1 aliphatic heterocycles. The van der Waals surface area contributed by atoms with Crippen LogP contribution < -0.4 is 5.73 Å². The standard InChI is InChI=1S/C30H29F3N6O2/c1-3-30(41,4-2)16-39-28-25(36-37-39)13-23(26(32)27(28)33)21-8-7-18(29(40)38-10-9-20(35)15-38)11-22(21)17-5-6-19(14-34)24(31)12-17/h5-8,11-13,20,41H,3-4,9-10,15-16,35H2,1-2H3/t20-/m0/s1. The van der Waals surface area contributed by atoms with E-state index in [0.29, 0.717) is 32.4 Å². The number of carbonyl (C=O) groups excluding carboxylic acids is 1. The predicted octanol–water partition coefficient (Wildman–Crippen LogP) is 4.78. The first-order valence-electron chi connectivity index (χ1n) is 13.4. The Kier molecular flexibility index (Phi) is 7.55. The van der Waals surface area contributed by atoms with Gasteiger partial charge in [-0.05, 0) is 66.3 Å². The molecule has 0 spiro atoms. The van der Waals surface area contributed by atoms with Gasteiger partial charge in [0.2, 0.25) is 0 Å². The van der Waals surface area contributed by atoms with Gasteiger partial charge in [0.05, 0.1) is 17.7 Å². The van der Waals surface area contributed by atoms with Crippen LogP contribution in [0.4, 0.5) is 13.2 Å². The Balaban J connectivity index is 1.67. The van der Waals surface area contributed by atoms with Crippen molar-refractivity contribution in [1.82, 2.24) is 19.9 Å². The second kappa shape index (κ2) is 11.0. The number of hydrogen-bond donors (Lipinski definition) is 2. The lowest BCUT2D eigenvalue weighted by Crippen LogP contribution is -2.33. The zero-order valence-electron chi connectivity index (χ0n) is 22.7. The van der Waals surface area contributed by atoms with Crippen molar-refractivity contribution in [1.29, 1.82) is 5.26 Å². The van der Waals surface area contributed by atoms with Gasteiger partial charge < -0.3 is 15.7 Å². The first kappa shape index (κ1) is 28.3. The Bertz CT molecular complexity index is 1690. The van der Waals surface area contributed by atoms with Gasteiger partial charge in [0.1, 0.15) is 22.9 Å². The van der Waals surface area contributed by atoms with Crippen molar-refractivity contribution in [2.24, 2.45) is 5.73 Å². The molecule has 1 saturated heterocycles. The number of rotatable bonds is 7. The van der Waals surface area contributed by atoms with Crippen LogP contribution in [0.3, 0.4) is 0 Å². The summed E-state index contributed by atoms with van der Waals surface area (Å²) in [5, 5.41) is 27.9. The molecule has 0 saturated carbocycles. The number of aliphatic hydroxyl groups is 1. The van der Waals surface area contributed by atoms with E-state index in [1.807, 2.05) is 0 Å². The number of halogens is 3. The van der Waals surface area contributed by atoms with Gasteiger partial charge in [-0.15, -0.1) is 5.10 Å². The molecule has 0 unspecified atom stereocenters. The summed E-state index contributed by atoms with van der Waals surface area (Å²) in [5.41, 5.74) is 5.33. The number of fused-ring (bicyclic) bond motifs is 1. The zero-order valence-corrected chi connectivity index (χ0v) is 22.7. The minimum absolute atomic E-state index is 0.0663. The molecule has 1 fully saturated rings. The van der Waals surface area contributed by atoms with E-state index in [9.17, 15) is 19.6 Å². The van der Waals surface area contributed by atoms with Gasteiger partial charge in [-0.3, -0.25) is 4.79 Å². The van der Waals surface area contributed by atoms with Crippen LogP contribution in [0.15, 0.2) is 42.5 Å². The van der Waals surface area contributed by atoms with Gasteiger partial charge in [-0.2, -0.15) is 5.26 Å². The van der Waals surface area contributed by atoms with Crippen LogP contribution in [0, 0.1) is 28.8 Å². The lowest BCUT2D eigenvalue weighted by molar-refractivity contribution is 0.0124. The Morgan fingerprint density at radius 2 is 1.85 bits per heavy atom. The second-order valence-electron chi connectivity index (χ2n) is 10.5. The third-order valence-corrected chi connectivity index (χ3v) is 7.91. The summed E-state index contributed by atoms with van der Waals surface area (Å²) in [6.07, 6.45) is 1.43. The van der Waals surface area contributed by atoms with E-state index in [-0.39, 0.29) is 62.9 Å². The molecule has 3 aromatic carbocycles. The Morgan fingerprint density at radius 1 is 1.10 bits per heavy atom. The van der Waals surface area contributed by atoms with Crippen molar-refractivity contribution in [3.05, 3.63) is 71.0 Å². The van der Waals surface area contributed by atoms with Crippen LogP contribution >= 0.6 is 0 Å². The molecule has 0 aliphatic carbocycles. The number of benzene rings is 3. The molecule has 5 rings (SSSR count). The Morgan fingerprint density at radius 3 is 2.49 bits per heavy atom. The highest BCUT2D eigenvalue weighted by Crippen LogP contribution is 2.38. The molecule has 1 amide bonds. The summed E-state index contributed by atoms with van der Waals surface area (Å²) in [4.78, 5) is 14.8. The Labute approximate surface area is 234 Å². The smallest absolute Gasteiger partial charge is 0.253 e. The third-order valence-electron chi connectivity index (χ3n) is 7.91. The minimum Gasteiger partial charge on any atom is -0.388 e. The van der Waals surface area contributed by atoms with Crippen LogP contribution in [0.1, 0.15) is 49.0 Å². The van der Waals surface area contributed by atoms with E-state index in [1.54, 1.807) is 24.8 Å². The maximum atomic E-state index is 15.8. The lowest BCUT2D eigenvalue weighted by atomic mass is 9.91. The number of amides is 1. The molecule has 41 heavy (non-hydrogen) atoms. The summed E-state index contributed by atoms with van der Waals surface area (Å²) in [6.45, 7) is 4.38. The SMILES string of the molecule is CCC(O)(CC)Cn1nnc2cc(-c3ccc(C(=O)N4CC[C@H](N)C4)cc3-c3ccc(C#N)c(F)c3)c(F)c(F)c21. The van der Waals surface area contributed by atoms with Crippen molar-refractivity contribution in [3.8, 4) is 28.3 Å².